The molecular weight excluding hydrogens is 250 g/mol. The highest BCUT2D eigenvalue weighted by atomic mass is 16.1. The summed E-state index contributed by atoms with van der Waals surface area (Å²) in [5, 5.41) is 0. The third kappa shape index (κ3) is 2.42. The topological polar surface area (TPSA) is 28.5 Å². The van der Waals surface area contributed by atoms with E-state index in [1.54, 1.807) is 17.7 Å². The molecule has 3 rings (SSSR count). The van der Waals surface area contributed by atoms with E-state index in [1.165, 1.54) is 6.42 Å². The molecule has 2 fully saturated rings. The summed E-state index contributed by atoms with van der Waals surface area (Å²) < 4.78 is 1.63. The van der Waals surface area contributed by atoms with Gasteiger partial charge < -0.3 is 4.57 Å². The van der Waals surface area contributed by atoms with E-state index >= 15 is 0 Å². The Morgan fingerprint density at radius 1 is 1.25 bits per heavy atom. The van der Waals surface area contributed by atoms with Crippen molar-refractivity contribution in [1.29, 1.82) is 0 Å². The molecule has 2 atom stereocenters. The Morgan fingerprint density at radius 3 is 2.45 bits per heavy atom. The minimum atomic E-state index is 0.0875. The normalized spacial score (nSPS) is 27.4. The average molecular weight is 275 g/mol. The van der Waals surface area contributed by atoms with Gasteiger partial charge in [-0.1, -0.05) is 0 Å². The number of aromatic nitrogens is 1. The molecule has 0 radical (unpaired) electrons. The Balaban J connectivity index is 1.67. The van der Waals surface area contributed by atoms with Crippen LogP contribution in [0.2, 0.25) is 0 Å². The van der Waals surface area contributed by atoms with Crippen LogP contribution in [0.1, 0.15) is 32.8 Å². The number of piperazine rings is 1. The van der Waals surface area contributed by atoms with Crippen molar-refractivity contribution in [2.45, 2.75) is 51.4 Å². The van der Waals surface area contributed by atoms with Crippen molar-refractivity contribution in [2.24, 2.45) is 7.05 Å². The largest absolute Gasteiger partial charge is 0.319 e. The van der Waals surface area contributed by atoms with E-state index in [0.717, 1.165) is 25.2 Å². The average Bonchev–Trinajstić information content (AvgIpc) is 2.39. The smallest absolute Gasteiger partial charge is 0.250 e. The van der Waals surface area contributed by atoms with E-state index in [4.69, 9.17) is 0 Å². The lowest BCUT2D eigenvalue weighted by Gasteiger charge is -2.59. The fourth-order valence-electron chi connectivity index (χ4n) is 3.39. The highest BCUT2D eigenvalue weighted by Gasteiger charge is 2.46. The maximum Gasteiger partial charge on any atom is 0.250 e. The van der Waals surface area contributed by atoms with Crippen LogP contribution < -0.4 is 5.56 Å². The minimum absolute atomic E-state index is 0.0875. The molecule has 3 heterocycles. The van der Waals surface area contributed by atoms with E-state index in [2.05, 4.69) is 36.6 Å². The lowest BCUT2D eigenvalue weighted by molar-refractivity contribution is -0.0997. The molecule has 0 aromatic carbocycles. The Morgan fingerprint density at radius 2 is 1.90 bits per heavy atom. The van der Waals surface area contributed by atoms with Crippen LogP contribution in [0.15, 0.2) is 23.1 Å². The summed E-state index contributed by atoms with van der Waals surface area (Å²) in [6, 6.07) is 5.17. The van der Waals surface area contributed by atoms with Crippen LogP contribution in [-0.2, 0) is 13.6 Å². The number of aryl methyl sites for hydroxylation is 1. The van der Waals surface area contributed by atoms with Crippen molar-refractivity contribution >= 4 is 0 Å². The highest BCUT2D eigenvalue weighted by molar-refractivity contribution is 5.14. The van der Waals surface area contributed by atoms with Gasteiger partial charge in [0.05, 0.1) is 0 Å². The molecule has 0 saturated carbocycles. The molecule has 0 amide bonds. The fraction of sp³-hybridized carbons (Fsp3) is 0.688. The van der Waals surface area contributed by atoms with Gasteiger partial charge in [-0.2, -0.15) is 0 Å². The number of rotatable bonds is 2. The molecule has 20 heavy (non-hydrogen) atoms. The molecule has 2 unspecified atom stereocenters. The van der Waals surface area contributed by atoms with Crippen LogP contribution in [0.5, 0.6) is 0 Å². The number of piperidine rings is 1. The first-order valence-electron chi connectivity index (χ1n) is 7.51. The number of nitrogens with zero attached hydrogens (tertiary/aromatic N) is 3. The predicted octanol–water partition coefficient (Wildman–Crippen LogP) is 1.44. The third-order valence-electron chi connectivity index (χ3n) is 4.83. The SMILES string of the molecule is Cn1ccc(CN2C3CC2CN(C(C)(C)C)C3)cc1=O. The molecule has 0 aliphatic carbocycles. The van der Waals surface area contributed by atoms with Gasteiger partial charge in [0.15, 0.2) is 0 Å². The summed E-state index contributed by atoms with van der Waals surface area (Å²) in [7, 11) is 1.80. The third-order valence-corrected chi connectivity index (χ3v) is 4.83. The lowest BCUT2D eigenvalue weighted by atomic mass is 9.84. The molecule has 4 heteroatoms. The Kier molecular flexibility index (Phi) is 3.26. The van der Waals surface area contributed by atoms with Crippen LogP contribution >= 0.6 is 0 Å². The zero-order chi connectivity index (χ0) is 14.5. The van der Waals surface area contributed by atoms with E-state index in [0.29, 0.717) is 12.1 Å². The summed E-state index contributed by atoms with van der Waals surface area (Å²) in [6.45, 7) is 10.1. The van der Waals surface area contributed by atoms with Gasteiger partial charge in [-0.25, -0.2) is 0 Å². The van der Waals surface area contributed by atoms with Gasteiger partial charge in [-0.15, -0.1) is 0 Å². The summed E-state index contributed by atoms with van der Waals surface area (Å²) in [5.41, 5.74) is 1.50. The van der Waals surface area contributed by atoms with Gasteiger partial charge in [0, 0.05) is 56.6 Å². The second-order valence-electron chi connectivity index (χ2n) is 7.28. The van der Waals surface area contributed by atoms with Crippen molar-refractivity contribution in [3.8, 4) is 0 Å². The molecule has 2 aliphatic heterocycles. The predicted molar refractivity (Wildman–Crippen MR) is 80.7 cm³/mol. The Bertz CT molecular complexity index is 546. The molecule has 2 bridgehead atoms. The van der Waals surface area contributed by atoms with Crippen molar-refractivity contribution < 1.29 is 0 Å². The van der Waals surface area contributed by atoms with E-state index < -0.39 is 0 Å². The highest BCUT2D eigenvalue weighted by Crippen LogP contribution is 2.36. The lowest BCUT2D eigenvalue weighted by Crippen LogP contribution is -2.70. The molecule has 2 saturated heterocycles. The monoisotopic (exact) mass is 275 g/mol. The number of pyridine rings is 1. The molecule has 1 aromatic rings. The van der Waals surface area contributed by atoms with Crippen molar-refractivity contribution in [2.75, 3.05) is 13.1 Å². The van der Waals surface area contributed by atoms with Gasteiger partial charge in [0.1, 0.15) is 0 Å². The van der Waals surface area contributed by atoms with Crippen LogP contribution in [0, 0.1) is 0 Å². The zero-order valence-electron chi connectivity index (χ0n) is 13.0. The van der Waals surface area contributed by atoms with Crippen LogP contribution in [0.3, 0.4) is 0 Å². The molecule has 2 aliphatic rings. The Labute approximate surface area is 121 Å². The summed E-state index contributed by atoms with van der Waals surface area (Å²) in [6.07, 6.45) is 3.19. The first-order valence-corrected chi connectivity index (χ1v) is 7.51. The van der Waals surface area contributed by atoms with E-state index in [9.17, 15) is 4.79 Å². The van der Waals surface area contributed by atoms with Crippen molar-refractivity contribution in [3.05, 3.63) is 34.2 Å². The standard InChI is InChI=1S/C16H25N3O/c1-16(2,3)18-10-13-8-14(11-18)19(13)9-12-5-6-17(4)15(20)7-12/h5-7,13-14H,8-11H2,1-4H3. The van der Waals surface area contributed by atoms with E-state index in [-0.39, 0.29) is 11.1 Å². The maximum atomic E-state index is 11.7. The number of likely N-dealkylation sites (tertiary alicyclic amines) is 2. The molecule has 1 aromatic heterocycles. The van der Waals surface area contributed by atoms with Gasteiger partial charge in [-0.3, -0.25) is 14.6 Å². The quantitative estimate of drug-likeness (QED) is 0.818. The van der Waals surface area contributed by atoms with Gasteiger partial charge in [0.2, 0.25) is 0 Å². The van der Waals surface area contributed by atoms with Gasteiger partial charge in [-0.05, 0) is 38.8 Å². The molecular formula is C16H25N3O. The van der Waals surface area contributed by atoms with Crippen LogP contribution in [0.25, 0.3) is 0 Å². The first-order chi connectivity index (χ1) is 9.34. The zero-order valence-corrected chi connectivity index (χ0v) is 13.0. The second kappa shape index (κ2) is 4.71. The van der Waals surface area contributed by atoms with Crippen LogP contribution in [0.4, 0.5) is 0 Å². The number of fused-ring (bicyclic) bond motifs is 2. The van der Waals surface area contributed by atoms with Gasteiger partial charge >= 0.3 is 0 Å². The molecule has 110 valence electrons. The summed E-state index contributed by atoms with van der Waals surface area (Å²) in [4.78, 5) is 16.9. The number of hydrogen-bond acceptors (Lipinski definition) is 3. The Hall–Kier alpha value is -1.13. The summed E-state index contributed by atoms with van der Waals surface area (Å²) >= 11 is 0. The molecule has 4 nitrogen and oxygen atoms in total. The fourth-order valence-corrected chi connectivity index (χ4v) is 3.39. The first kappa shape index (κ1) is 13.8. The summed E-state index contributed by atoms with van der Waals surface area (Å²) in [5.74, 6) is 0. The second-order valence-corrected chi connectivity index (χ2v) is 7.28. The molecule has 0 spiro atoms. The van der Waals surface area contributed by atoms with Crippen molar-refractivity contribution in [1.82, 2.24) is 14.4 Å². The minimum Gasteiger partial charge on any atom is -0.319 e. The van der Waals surface area contributed by atoms with Crippen LogP contribution in [-0.4, -0.2) is 45.1 Å². The molecule has 0 N–H and O–H groups in total. The van der Waals surface area contributed by atoms with Gasteiger partial charge in [0.25, 0.3) is 5.56 Å². The maximum absolute atomic E-state index is 11.7. The number of hydrogen-bond donors (Lipinski definition) is 0. The van der Waals surface area contributed by atoms with E-state index in [1.807, 2.05) is 6.20 Å². The van der Waals surface area contributed by atoms with Crippen molar-refractivity contribution in [3.63, 3.8) is 0 Å².